The Kier molecular flexibility index (Phi) is 5.26. The quantitative estimate of drug-likeness (QED) is 0.525. The van der Waals surface area contributed by atoms with Crippen molar-refractivity contribution in [3.63, 3.8) is 0 Å². The first-order chi connectivity index (χ1) is 14.1. The van der Waals surface area contributed by atoms with Crippen LogP contribution < -0.4 is 5.32 Å². The van der Waals surface area contributed by atoms with Crippen molar-refractivity contribution in [1.82, 2.24) is 29.8 Å². The molecule has 0 saturated heterocycles. The van der Waals surface area contributed by atoms with Crippen LogP contribution in [-0.4, -0.2) is 41.9 Å². The van der Waals surface area contributed by atoms with E-state index in [0.717, 1.165) is 16.9 Å². The van der Waals surface area contributed by atoms with Gasteiger partial charge in [-0.2, -0.15) is 16.4 Å². The number of halogens is 1. The van der Waals surface area contributed by atoms with E-state index in [4.69, 9.17) is 0 Å². The fraction of sp³-hybridized carbons (Fsp3) is 0.211. The largest absolute Gasteiger partial charge is 0.324 e. The standard InChI is InChI=1S/C19H18FN7OS/c1-12-23-24-25-27(12)17-9-13(7-8-14(17)20)21-19(28)10-26-16-6-4-3-5-15(16)22-18(26)11-29-2/h3-9H,10-11H2,1-2H3,(H,21,28). The van der Waals surface area contributed by atoms with E-state index < -0.39 is 5.82 Å². The molecule has 0 spiro atoms. The lowest BCUT2D eigenvalue weighted by atomic mass is 10.2. The highest BCUT2D eigenvalue weighted by Gasteiger charge is 2.15. The van der Waals surface area contributed by atoms with Crippen LogP contribution in [0.15, 0.2) is 42.5 Å². The molecular weight excluding hydrogens is 393 g/mol. The SMILES string of the molecule is CSCc1nc2ccccc2n1CC(=O)Nc1ccc(F)c(-n2nnnc2C)c1. The number of hydrogen-bond donors (Lipinski definition) is 1. The summed E-state index contributed by atoms with van der Waals surface area (Å²) in [5.41, 5.74) is 2.37. The van der Waals surface area contributed by atoms with Gasteiger partial charge in [0.05, 0.1) is 16.8 Å². The molecule has 148 valence electrons. The highest BCUT2D eigenvalue weighted by Crippen LogP contribution is 2.21. The van der Waals surface area contributed by atoms with E-state index in [9.17, 15) is 9.18 Å². The Morgan fingerprint density at radius 3 is 2.83 bits per heavy atom. The zero-order valence-electron chi connectivity index (χ0n) is 15.8. The van der Waals surface area contributed by atoms with Crippen LogP contribution in [-0.2, 0) is 17.1 Å². The number of carbonyl (C=O) groups is 1. The number of aryl methyl sites for hydroxylation is 1. The molecule has 8 nitrogen and oxygen atoms in total. The van der Waals surface area contributed by atoms with E-state index in [0.29, 0.717) is 17.3 Å². The number of aromatic nitrogens is 6. The van der Waals surface area contributed by atoms with Gasteiger partial charge in [0, 0.05) is 5.69 Å². The Balaban J connectivity index is 1.59. The molecule has 0 saturated carbocycles. The van der Waals surface area contributed by atoms with E-state index in [-0.39, 0.29) is 18.1 Å². The number of benzene rings is 2. The number of hydrogen-bond acceptors (Lipinski definition) is 6. The maximum Gasteiger partial charge on any atom is 0.244 e. The molecule has 29 heavy (non-hydrogen) atoms. The van der Waals surface area contributed by atoms with Crippen LogP contribution in [0.4, 0.5) is 10.1 Å². The third kappa shape index (κ3) is 3.83. The summed E-state index contributed by atoms with van der Waals surface area (Å²) in [5.74, 6) is 1.25. The van der Waals surface area contributed by atoms with Crippen LogP contribution in [0.3, 0.4) is 0 Å². The van der Waals surface area contributed by atoms with Gasteiger partial charge in [-0.15, -0.1) is 5.10 Å². The van der Waals surface area contributed by atoms with Crippen LogP contribution in [0.1, 0.15) is 11.6 Å². The maximum absolute atomic E-state index is 14.2. The van der Waals surface area contributed by atoms with Gasteiger partial charge in [0.2, 0.25) is 5.91 Å². The Bertz CT molecular complexity index is 1190. The van der Waals surface area contributed by atoms with E-state index >= 15 is 0 Å². The number of thioether (sulfide) groups is 1. The summed E-state index contributed by atoms with van der Waals surface area (Å²) < 4.78 is 17.4. The summed E-state index contributed by atoms with van der Waals surface area (Å²) in [6.07, 6.45) is 1.99. The molecule has 2 aromatic carbocycles. The van der Waals surface area contributed by atoms with Crippen molar-refractivity contribution in [1.29, 1.82) is 0 Å². The summed E-state index contributed by atoms with van der Waals surface area (Å²) in [5, 5.41) is 13.9. The second-order valence-electron chi connectivity index (χ2n) is 6.39. The van der Waals surface area contributed by atoms with Crippen LogP contribution in [0.5, 0.6) is 0 Å². The average molecular weight is 411 g/mol. The highest BCUT2D eigenvalue weighted by atomic mass is 32.2. The molecule has 2 heterocycles. The molecule has 0 fully saturated rings. The molecule has 1 N–H and O–H groups in total. The minimum absolute atomic E-state index is 0.104. The zero-order valence-corrected chi connectivity index (χ0v) is 16.6. The molecule has 0 atom stereocenters. The lowest BCUT2D eigenvalue weighted by Gasteiger charge is -2.11. The number of para-hydroxylation sites is 2. The second-order valence-corrected chi connectivity index (χ2v) is 7.25. The summed E-state index contributed by atoms with van der Waals surface area (Å²) in [6, 6.07) is 12.0. The summed E-state index contributed by atoms with van der Waals surface area (Å²) in [7, 11) is 0. The number of imidazole rings is 1. The molecule has 10 heteroatoms. The van der Waals surface area contributed by atoms with Gasteiger partial charge < -0.3 is 9.88 Å². The second kappa shape index (κ2) is 8.00. The molecule has 1 amide bonds. The van der Waals surface area contributed by atoms with Crippen molar-refractivity contribution in [2.75, 3.05) is 11.6 Å². The first-order valence-corrected chi connectivity index (χ1v) is 10.2. The fourth-order valence-corrected chi connectivity index (χ4v) is 3.57. The molecule has 0 aliphatic heterocycles. The van der Waals surface area contributed by atoms with E-state index in [1.165, 1.54) is 22.9 Å². The Morgan fingerprint density at radius 2 is 2.07 bits per heavy atom. The average Bonchev–Trinajstić information content (AvgIpc) is 3.27. The highest BCUT2D eigenvalue weighted by molar-refractivity contribution is 7.97. The van der Waals surface area contributed by atoms with Gasteiger partial charge in [-0.05, 0) is 53.9 Å². The third-order valence-electron chi connectivity index (χ3n) is 4.39. The van der Waals surface area contributed by atoms with Gasteiger partial charge >= 0.3 is 0 Å². The summed E-state index contributed by atoms with van der Waals surface area (Å²) in [6.45, 7) is 1.77. The Hall–Kier alpha value is -3.27. The topological polar surface area (TPSA) is 90.5 Å². The number of carbonyl (C=O) groups excluding carboxylic acids is 1. The van der Waals surface area contributed by atoms with Crippen molar-refractivity contribution in [3.8, 4) is 5.69 Å². The predicted octanol–water partition coefficient (Wildman–Crippen LogP) is 2.96. The lowest BCUT2D eigenvalue weighted by Crippen LogP contribution is -2.20. The van der Waals surface area contributed by atoms with Gasteiger partial charge in [0.1, 0.15) is 23.9 Å². The summed E-state index contributed by atoms with van der Waals surface area (Å²) in [4.78, 5) is 17.3. The molecule has 0 aliphatic carbocycles. The maximum atomic E-state index is 14.2. The summed E-state index contributed by atoms with van der Waals surface area (Å²) >= 11 is 1.64. The van der Waals surface area contributed by atoms with E-state index in [1.807, 2.05) is 35.1 Å². The van der Waals surface area contributed by atoms with Crippen LogP contribution in [0.25, 0.3) is 16.7 Å². The molecule has 0 unspecified atom stereocenters. The van der Waals surface area contributed by atoms with E-state index in [1.54, 1.807) is 18.7 Å². The molecular formula is C19H18FN7OS. The van der Waals surface area contributed by atoms with Crippen molar-refractivity contribution in [2.45, 2.75) is 19.2 Å². The van der Waals surface area contributed by atoms with Crippen molar-refractivity contribution >= 4 is 34.4 Å². The van der Waals surface area contributed by atoms with Crippen LogP contribution in [0, 0.1) is 12.7 Å². The van der Waals surface area contributed by atoms with Crippen molar-refractivity contribution in [3.05, 3.63) is 59.9 Å². The van der Waals surface area contributed by atoms with Crippen molar-refractivity contribution in [2.24, 2.45) is 0 Å². The Labute approximate surface area is 170 Å². The Morgan fingerprint density at radius 1 is 1.24 bits per heavy atom. The smallest absolute Gasteiger partial charge is 0.244 e. The predicted molar refractivity (Wildman–Crippen MR) is 109 cm³/mol. The molecule has 2 aromatic heterocycles. The fourth-order valence-electron chi connectivity index (χ4n) is 3.09. The number of tetrazole rings is 1. The van der Waals surface area contributed by atoms with Gasteiger partial charge in [-0.1, -0.05) is 12.1 Å². The number of anilines is 1. The van der Waals surface area contributed by atoms with Crippen LogP contribution >= 0.6 is 11.8 Å². The first-order valence-electron chi connectivity index (χ1n) is 8.84. The number of rotatable bonds is 6. The van der Waals surface area contributed by atoms with Gasteiger partial charge in [-0.3, -0.25) is 4.79 Å². The van der Waals surface area contributed by atoms with Gasteiger partial charge in [-0.25, -0.2) is 9.37 Å². The zero-order chi connectivity index (χ0) is 20.4. The molecule has 4 rings (SSSR count). The molecule has 0 bridgehead atoms. The molecule has 0 radical (unpaired) electrons. The van der Waals surface area contributed by atoms with Gasteiger partial charge in [0.15, 0.2) is 5.82 Å². The van der Waals surface area contributed by atoms with Gasteiger partial charge in [0.25, 0.3) is 0 Å². The molecule has 4 aromatic rings. The number of nitrogens with zero attached hydrogens (tertiary/aromatic N) is 6. The first kappa shape index (κ1) is 19.1. The number of fused-ring (bicyclic) bond motifs is 1. The normalized spacial score (nSPS) is 11.1. The number of amides is 1. The lowest BCUT2D eigenvalue weighted by molar-refractivity contribution is -0.116. The third-order valence-corrected chi connectivity index (χ3v) is 4.94. The monoisotopic (exact) mass is 411 g/mol. The van der Waals surface area contributed by atoms with Crippen molar-refractivity contribution < 1.29 is 9.18 Å². The van der Waals surface area contributed by atoms with E-state index in [2.05, 4.69) is 25.8 Å². The molecule has 0 aliphatic rings. The van der Waals surface area contributed by atoms with Crippen LogP contribution in [0.2, 0.25) is 0 Å². The minimum Gasteiger partial charge on any atom is -0.324 e. The number of nitrogens with one attached hydrogen (secondary N) is 1. The minimum atomic E-state index is -0.485.